The quantitative estimate of drug-likeness (QED) is 0.429. The van der Waals surface area contributed by atoms with Crippen LogP contribution in [-0.2, 0) is 11.0 Å². The standard InChI is InChI=1S/C23H33F3N8OS/c1-14-20(36-21(30-14)15-5-9-33(2)10-6-15)32-22-29-11-17(23(24,25)26)18(31-22)27-7-4-8-28-19(35)16-12-34(3)13-16/h11,15-16H,4-10,12-13H2,1-3H3,(H,28,35)(H2,27,29,31,32). The minimum absolute atomic E-state index is 0.00884. The van der Waals surface area contributed by atoms with Crippen LogP contribution in [0.3, 0.4) is 0 Å². The fraction of sp³-hybridized carbons (Fsp3) is 0.652. The molecule has 198 valence electrons. The zero-order chi connectivity index (χ0) is 25.9. The number of carbonyl (C=O) groups is 1. The van der Waals surface area contributed by atoms with Gasteiger partial charge >= 0.3 is 6.18 Å². The Morgan fingerprint density at radius 1 is 1.14 bits per heavy atom. The van der Waals surface area contributed by atoms with Gasteiger partial charge < -0.3 is 25.8 Å². The number of hydrogen-bond donors (Lipinski definition) is 3. The first-order valence-corrected chi connectivity index (χ1v) is 13.0. The van der Waals surface area contributed by atoms with Gasteiger partial charge in [0.05, 0.1) is 16.6 Å². The first kappa shape index (κ1) is 26.6. The van der Waals surface area contributed by atoms with Crippen molar-refractivity contribution in [2.24, 2.45) is 5.92 Å². The highest BCUT2D eigenvalue weighted by atomic mass is 32.1. The number of carbonyl (C=O) groups excluding carboxylic acids is 1. The van der Waals surface area contributed by atoms with Crippen LogP contribution in [0.5, 0.6) is 0 Å². The van der Waals surface area contributed by atoms with E-state index in [1.807, 2.05) is 14.0 Å². The van der Waals surface area contributed by atoms with Crippen molar-refractivity contribution < 1.29 is 18.0 Å². The summed E-state index contributed by atoms with van der Waals surface area (Å²) in [5.74, 6) is 0.152. The second-order valence-corrected chi connectivity index (χ2v) is 10.6. The molecule has 3 N–H and O–H groups in total. The molecule has 0 bridgehead atoms. The second kappa shape index (κ2) is 11.3. The Bertz CT molecular complexity index is 1050. The number of hydrogen-bond acceptors (Lipinski definition) is 9. The van der Waals surface area contributed by atoms with Crippen LogP contribution in [0.1, 0.15) is 41.4 Å². The Morgan fingerprint density at radius 3 is 2.53 bits per heavy atom. The number of nitrogens with zero attached hydrogens (tertiary/aromatic N) is 5. The van der Waals surface area contributed by atoms with Gasteiger partial charge in [-0.2, -0.15) is 18.2 Å². The average Bonchev–Trinajstić information content (AvgIpc) is 3.16. The summed E-state index contributed by atoms with van der Waals surface area (Å²) < 4.78 is 40.6. The third-order valence-electron chi connectivity index (χ3n) is 6.58. The highest BCUT2D eigenvalue weighted by molar-refractivity contribution is 7.16. The molecule has 0 atom stereocenters. The summed E-state index contributed by atoms with van der Waals surface area (Å²) in [5, 5.41) is 10.4. The molecule has 2 aliphatic heterocycles. The monoisotopic (exact) mass is 526 g/mol. The molecule has 36 heavy (non-hydrogen) atoms. The summed E-state index contributed by atoms with van der Waals surface area (Å²) in [6, 6.07) is 0. The van der Waals surface area contributed by atoms with Gasteiger partial charge in [-0.1, -0.05) is 0 Å². The molecule has 2 fully saturated rings. The molecule has 0 aromatic carbocycles. The molecule has 0 unspecified atom stereocenters. The van der Waals surface area contributed by atoms with Crippen molar-refractivity contribution in [1.82, 2.24) is 30.1 Å². The average molecular weight is 527 g/mol. The lowest BCUT2D eigenvalue weighted by molar-refractivity contribution is -0.137. The number of piperidine rings is 1. The molecule has 0 aliphatic carbocycles. The van der Waals surface area contributed by atoms with Crippen LogP contribution < -0.4 is 16.0 Å². The zero-order valence-electron chi connectivity index (χ0n) is 20.8. The highest BCUT2D eigenvalue weighted by Gasteiger charge is 2.35. The normalized spacial score (nSPS) is 18.2. The van der Waals surface area contributed by atoms with Crippen LogP contribution >= 0.6 is 11.3 Å². The molecule has 4 heterocycles. The third-order valence-corrected chi connectivity index (χ3v) is 7.82. The van der Waals surface area contributed by atoms with Crippen LogP contribution in [0.4, 0.5) is 29.9 Å². The van der Waals surface area contributed by atoms with Gasteiger partial charge in [-0.15, -0.1) is 11.3 Å². The van der Waals surface area contributed by atoms with Crippen LogP contribution in [0.2, 0.25) is 0 Å². The molecular weight excluding hydrogens is 493 g/mol. The van der Waals surface area contributed by atoms with Crippen LogP contribution in [0.15, 0.2) is 6.20 Å². The fourth-order valence-corrected chi connectivity index (χ4v) is 5.49. The largest absolute Gasteiger partial charge is 0.421 e. The van der Waals surface area contributed by atoms with Gasteiger partial charge in [0, 0.05) is 38.3 Å². The number of aryl methyl sites for hydroxylation is 1. The molecule has 2 aromatic rings. The maximum absolute atomic E-state index is 13.5. The Morgan fingerprint density at radius 2 is 1.86 bits per heavy atom. The third kappa shape index (κ3) is 6.62. The van der Waals surface area contributed by atoms with Crippen molar-refractivity contribution in [2.45, 2.75) is 38.3 Å². The van der Waals surface area contributed by atoms with Gasteiger partial charge in [0.1, 0.15) is 16.4 Å². The summed E-state index contributed by atoms with van der Waals surface area (Å²) in [6.45, 7) is 5.97. The summed E-state index contributed by atoms with van der Waals surface area (Å²) >= 11 is 1.51. The van der Waals surface area contributed by atoms with Crippen molar-refractivity contribution in [3.63, 3.8) is 0 Å². The van der Waals surface area contributed by atoms with E-state index in [-0.39, 0.29) is 30.1 Å². The van der Waals surface area contributed by atoms with E-state index in [1.165, 1.54) is 11.3 Å². The van der Waals surface area contributed by atoms with Crippen molar-refractivity contribution >= 4 is 34.0 Å². The van der Waals surface area contributed by atoms with E-state index in [0.29, 0.717) is 18.9 Å². The van der Waals surface area contributed by atoms with E-state index < -0.39 is 11.7 Å². The Labute approximate surface area is 212 Å². The molecule has 9 nitrogen and oxygen atoms in total. The van der Waals surface area contributed by atoms with E-state index >= 15 is 0 Å². The Kier molecular flexibility index (Phi) is 8.30. The highest BCUT2D eigenvalue weighted by Crippen LogP contribution is 2.37. The van der Waals surface area contributed by atoms with Crippen LogP contribution in [0, 0.1) is 12.8 Å². The van der Waals surface area contributed by atoms with E-state index in [0.717, 1.165) is 60.9 Å². The fourth-order valence-electron chi connectivity index (χ4n) is 4.37. The number of halogens is 3. The summed E-state index contributed by atoms with van der Waals surface area (Å²) in [5.41, 5.74) is -0.150. The number of thiazole rings is 1. The Balaban J connectivity index is 1.36. The van der Waals surface area contributed by atoms with Gasteiger partial charge in [0.25, 0.3) is 0 Å². The van der Waals surface area contributed by atoms with E-state index in [9.17, 15) is 18.0 Å². The predicted octanol–water partition coefficient (Wildman–Crippen LogP) is 3.29. The topological polar surface area (TPSA) is 98.3 Å². The SMILES string of the molecule is Cc1nc(C2CCN(C)CC2)sc1Nc1ncc(C(F)(F)F)c(NCCCNC(=O)C2CN(C)C2)n1. The maximum atomic E-state index is 13.5. The zero-order valence-corrected chi connectivity index (χ0v) is 21.6. The van der Waals surface area contributed by atoms with Crippen molar-refractivity contribution in [2.75, 3.05) is 64.0 Å². The van der Waals surface area contributed by atoms with Gasteiger partial charge in [-0.3, -0.25) is 4.79 Å². The minimum atomic E-state index is -4.59. The minimum Gasteiger partial charge on any atom is -0.369 e. The van der Waals surface area contributed by atoms with E-state index in [4.69, 9.17) is 4.98 Å². The molecule has 4 rings (SSSR count). The predicted molar refractivity (Wildman–Crippen MR) is 134 cm³/mol. The van der Waals surface area contributed by atoms with Crippen LogP contribution in [0.25, 0.3) is 0 Å². The number of alkyl halides is 3. The van der Waals surface area contributed by atoms with Crippen LogP contribution in [-0.4, -0.2) is 84.0 Å². The number of rotatable bonds is 9. The number of amides is 1. The first-order chi connectivity index (χ1) is 17.1. The maximum Gasteiger partial charge on any atom is 0.421 e. The molecule has 1 amide bonds. The number of anilines is 3. The molecule has 13 heteroatoms. The molecule has 0 spiro atoms. The first-order valence-electron chi connectivity index (χ1n) is 12.2. The lowest BCUT2D eigenvalue weighted by Gasteiger charge is -2.34. The summed E-state index contributed by atoms with van der Waals surface area (Å²) in [7, 11) is 4.05. The van der Waals surface area contributed by atoms with E-state index in [2.05, 4.69) is 42.8 Å². The van der Waals surface area contributed by atoms with Gasteiger partial charge in [-0.25, -0.2) is 9.97 Å². The van der Waals surface area contributed by atoms with Gasteiger partial charge in [-0.05, 0) is 53.4 Å². The number of aromatic nitrogens is 3. The van der Waals surface area contributed by atoms with Crippen molar-refractivity contribution in [3.8, 4) is 0 Å². The lowest BCUT2D eigenvalue weighted by Crippen LogP contribution is -2.51. The van der Waals surface area contributed by atoms with Crippen molar-refractivity contribution in [3.05, 3.63) is 22.5 Å². The molecule has 2 aromatic heterocycles. The number of nitrogens with one attached hydrogen (secondary N) is 3. The summed E-state index contributed by atoms with van der Waals surface area (Å²) in [4.78, 5) is 29.1. The second-order valence-electron chi connectivity index (χ2n) is 9.61. The van der Waals surface area contributed by atoms with Gasteiger partial charge in [0.2, 0.25) is 11.9 Å². The lowest BCUT2D eigenvalue weighted by atomic mass is 9.98. The number of likely N-dealkylation sites (tertiary alicyclic amines) is 2. The summed E-state index contributed by atoms with van der Waals surface area (Å²) in [6.07, 6.45) is -1.27. The van der Waals surface area contributed by atoms with E-state index in [1.54, 1.807) is 0 Å². The smallest absolute Gasteiger partial charge is 0.369 e. The molecular formula is C23H33F3N8OS. The Hall–Kier alpha value is -2.51. The molecule has 0 radical (unpaired) electrons. The molecule has 2 aliphatic rings. The molecule has 2 saturated heterocycles. The molecule has 0 saturated carbocycles. The van der Waals surface area contributed by atoms with Gasteiger partial charge in [0.15, 0.2) is 0 Å². The van der Waals surface area contributed by atoms with Crippen molar-refractivity contribution in [1.29, 1.82) is 0 Å².